The number of allylic oxidation sites excluding steroid dienone is 4. The molecule has 0 atom stereocenters. The quantitative estimate of drug-likeness (QED) is 0.115. The molecule has 0 unspecified atom stereocenters. The number of benzene rings is 3. The summed E-state index contributed by atoms with van der Waals surface area (Å²) in [6, 6.07) is 26.8. The van der Waals surface area contributed by atoms with Crippen molar-refractivity contribution in [2.24, 2.45) is 0 Å². The number of aromatic nitrogens is 4. The van der Waals surface area contributed by atoms with E-state index in [1.165, 1.54) is 22.8 Å². The Hall–Kier alpha value is -7.56. The fraction of sp³-hybridized carbons (Fsp3) is 0.132. The van der Waals surface area contributed by atoms with E-state index in [2.05, 4.69) is 143 Å². The highest BCUT2D eigenvalue weighted by atomic mass is 16.4. The number of rotatable bonds is 6. The number of carboxylic acids is 1. The lowest BCUT2D eigenvalue weighted by Crippen LogP contribution is -1.97. The Morgan fingerprint density at radius 2 is 1.05 bits per heavy atom. The number of aryl methyl sites for hydroxylation is 6. The highest BCUT2D eigenvalue weighted by Crippen LogP contribution is 2.41. The van der Waals surface area contributed by atoms with Crippen LogP contribution in [0.25, 0.3) is 91.4 Å². The Bertz CT molecular complexity index is 3110. The number of fused-ring (bicyclic) bond motifs is 8. The van der Waals surface area contributed by atoms with Gasteiger partial charge in [-0.25, -0.2) is 14.8 Å². The molecule has 0 saturated carbocycles. The van der Waals surface area contributed by atoms with Crippen LogP contribution in [0.1, 0.15) is 73.7 Å². The summed E-state index contributed by atoms with van der Waals surface area (Å²) in [6.45, 7) is 12.9. The molecule has 0 amide bonds. The van der Waals surface area contributed by atoms with Crippen LogP contribution >= 0.6 is 0 Å². The molecule has 1 aliphatic carbocycles. The van der Waals surface area contributed by atoms with Crippen LogP contribution in [-0.2, 0) is 4.79 Å². The molecule has 6 aromatic rings. The second-order valence-electron chi connectivity index (χ2n) is 16.0. The normalized spacial score (nSPS) is 13.2. The molecule has 3 aromatic heterocycles. The van der Waals surface area contributed by atoms with Crippen LogP contribution in [0, 0.1) is 52.9 Å². The van der Waals surface area contributed by atoms with Crippen molar-refractivity contribution in [3.8, 4) is 39.4 Å². The monoisotopic (exact) mass is 781 g/mol. The molecule has 3 aliphatic rings. The van der Waals surface area contributed by atoms with E-state index in [0.717, 1.165) is 112 Å². The van der Waals surface area contributed by atoms with Gasteiger partial charge in [-0.1, -0.05) is 77.9 Å². The van der Waals surface area contributed by atoms with Gasteiger partial charge in [-0.05, 0) is 153 Å². The third-order valence-electron chi connectivity index (χ3n) is 11.6. The van der Waals surface area contributed by atoms with Crippen LogP contribution in [0.2, 0.25) is 0 Å². The minimum atomic E-state index is -1.26. The summed E-state index contributed by atoms with van der Waals surface area (Å²) in [6.07, 6.45) is 17.2. The molecular formula is C53H43N5O2. The van der Waals surface area contributed by atoms with Gasteiger partial charge in [0.2, 0.25) is 0 Å². The lowest BCUT2D eigenvalue weighted by molar-refractivity contribution is -0.132. The molecule has 5 heterocycles. The Labute approximate surface area is 349 Å². The molecule has 0 spiro atoms. The molecule has 8 bridgehead atoms. The van der Waals surface area contributed by atoms with Gasteiger partial charge in [0.25, 0.3) is 0 Å². The zero-order valence-electron chi connectivity index (χ0n) is 34.5. The number of hydrogen-bond donors (Lipinski definition) is 3. The summed E-state index contributed by atoms with van der Waals surface area (Å²) in [4.78, 5) is 30.3. The number of nitriles is 1. The highest BCUT2D eigenvalue weighted by molar-refractivity contribution is 6.01. The van der Waals surface area contributed by atoms with Crippen molar-refractivity contribution < 1.29 is 9.90 Å². The van der Waals surface area contributed by atoms with Gasteiger partial charge in [0.15, 0.2) is 0 Å². The summed E-state index contributed by atoms with van der Waals surface area (Å²) in [5.74, 6) is -1.26. The third kappa shape index (κ3) is 6.72. The van der Waals surface area contributed by atoms with Crippen molar-refractivity contribution in [1.29, 1.82) is 5.26 Å². The number of nitrogens with one attached hydrogen (secondary N) is 2. The number of carbonyl (C=O) groups is 1. The van der Waals surface area contributed by atoms with Gasteiger partial charge in [-0.3, -0.25) is 0 Å². The average molecular weight is 782 g/mol. The van der Waals surface area contributed by atoms with Gasteiger partial charge in [-0.2, -0.15) is 5.26 Å². The van der Waals surface area contributed by atoms with Crippen molar-refractivity contribution in [3.05, 3.63) is 164 Å². The molecule has 3 N–H and O–H groups in total. The van der Waals surface area contributed by atoms with Crippen molar-refractivity contribution in [2.45, 2.75) is 48.0 Å². The van der Waals surface area contributed by atoms with Gasteiger partial charge in [0.05, 0.1) is 22.8 Å². The van der Waals surface area contributed by atoms with Crippen molar-refractivity contribution >= 4 is 64.0 Å². The van der Waals surface area contributed by atoms with Crippen molar-refractivity contribution in [3.63, 3.8) is 0 Å². The van der Waals surface area contributed by atoms with E-state index in [0.29, 0.717) is 5.56 Å². The smallest absolute Gasteiger partial charge is 0.346 e. The maximum absolute atomic E-state index is 11.7. The Balaban J connectivity index is 1.45. The summed E-state index contributed by atoms with van der Waals surface area (Å²) in [5, 5.41) is 19.0. The Kier molecular flexibility index (Phi) is 9.49. The molecule has 0 saturated heterocycles. The average Bonchev–Trinajstić information content (AvgIpc) is 4.07. The fourth-order valence-corrected chi connectivity index (χ4v) is 9.21. The molecule has 2 aliphatic heterocycles. The molecule has 60 heavy (non-hydrogen) atoms. The van der Waals surface area contributed by atoms with E-state index in [4.69, 9.17) is 9.97 Å². The maximum atomic E-state index is 11.7. The molecule has 7 heteroatoms. The minimum Gasteiger partial charge on any atom is -0.477 e. The summed E-state index contributed by atoms with van der Waals surface area (Å²) in [5.41, 5.74) is 22.7. The van der Waals surface area contributed by atoms with Crippen LogP contribution in [0.3, 0.4) is 0 Å². The van der Waals surface area contributed by atoms with Gasteiger partial charge >= 0.3 is 5.97 Å². The zero-order valence-corrected chi connectivity index (χ0v) is 34.5. The Morgan fingerprint density at radius 1 is 0.617 bits per heavy atom. The topological polar surface area (TPSA) is 118 Å². The van der Waals surface area contributed by atoms with E-state index in [9.17, 15) is 15.2 Å². The van der Waals surface area contributed by atoms with Crippen LogP contribution in [-0.4, -0.2) is 31.0 Å². The zero-order chi connectivity index (χ0) is 41.8. The number of hydrogen-bond acceptors (Lipinski definition) is 4. The lowest BCUT2D eigenvalue weighted by Gasteiger charge is -2.13. The number of aliphatic carboxylic acids is 1. The second-order valence-corrected chi connectivity index (χ2v) is 16.0. The lowest BCUT2D eigenvalue weighted by atomic mass is 9.92. The van der Waals surface area contributed by atoms with Gasteiger partial charge in [0.1, 0.15) is 11.6 Å². The number of aromatic amines is 2. The largest absolute Gasteiger partial charge is 0.477 e. The molecule has 292 valence electrons. The van der Waals surface area contributed by atoms with Gasteiger partial charge < -0.3 is 15.1 Å². The first-order chi connectivity index (χ1) is 29.0. The minimum absolute atomic E-state index is 0.330. The summed E-state index contributed by atoms with van der Waals surface area (Å²) >= 11 is 0. The third-order valence-corrected chi connectivity index (χ3v) is 11.6. The number of H-pyrrole nitrogens is 2. The Morgan fingerprint density at radius 3 is 1.48 bits per heavy atom. The standard InChI is InChI=1S/C53H43N5O2/c1-29-23-31(3)47(32(4)24-29)51-43-19-15-39(55-43)49(36-9-7-8-10-36)40-16-20-44(56-40)52(48-33(5)25-30(2)26-34(48)6)46-22-18-42(58-46)50(41-17-21-45(51)57-41)37-13-11-35(12-14-37)27-38(28-54)53(59)60/h7-9,11-27,55,58H,10H2,1-6H3,(H,59,60)/b38-27-,49-39?,49-40?,50-41?,50-42?,51-43?,51-45?,52-44?,52-46?. The predicted molar refractivity (Wildman–Crippen MR) is 247 cm³/mol. The van der Waals surface area contributed by atoms with E-state index in [-0.39, 0.29) is 5.57 Å². The number of nitrogens with zero attached hydrogens (tertiary/aromatic N) is 3. The summed E-state index contributed by atoms with van der Waals surface area (Å²) < 4.78 is 0. The maximum Gasteiger partial charge on any atom is 0.346 e. The molecule has 0 radical (unpaired) electrons. The first-order valence-electron chi connectivity index (χ1n) is 20.1. The van der Waals surface area contributed by atoms with Crippen LogP contribution in [0.15, 0.2) is 96.6 Å². The molecule has 9 rings (SSSR count). The summed E-state index contributed by atoms with van der Waals surface area (Å²) in [7, 11) is 0. The van der Waals surface area contributed by atoms with Crippen LogP contribution < -0.4 is 0 Å². The molecule has 3 aromatic carbocycles. The van der Waals surface area contributed by atoms with Crippen molar-refractivity contribution in [1.82, 2.24) is 19.9 Å². The van der Waals surface area contributed by atoms with Crippen LogP contribution in [0.4, 0.5) is 0 Å². The SMILES string of the molecule is Cc1cc(C)c(-c2c3nc(c(-c4ccc(/C=C(/C#N)C(=O)O)cc4)c4ccc([nH]4)c(-c4c(C)cc(C)cc4C)c4nc(c(C5=CC=CC5)c5ccc2[nH]5)C=C4)C=C3)c(C)c1. The van der Waals surface area contributed by atoms with Gasteiger partial charge in [0, 0.05) is 44.3 Å². The molecule has 0 fully saturated rings. The molecule has 7 nitrogen and oxygen atoms in total. The van der Waals surface area contributed by atoms with E-state index in [1.54, 1.807) is 6.07 Å². The predicted octanol–water partition coefficient (Wildman–Crippen LogP) is 12.8. The van der Waals surface area contributed by atoms with E-state index < -0.39 is 5.97 Å². The first kappa shape index (κ1) is 38.0. The van der Waals surface area contributed by atoms with Crippen LogP contribution in [0.5, 0.6) is 0 Å². The number of carboxylic acid groups (broad SMARTS) is 1. The van der Waals surface area contributed by atoms with E-state index >= 15 is 0 Å². The van der Waals surface area contributed by atoms with Crippen molar-refractivity contribution in [2.75, 3.05) is 0 Å². The first-order valence-corrected chi connectivity index (χ1v) is 20.1. The second kappa shape index (κ2) is 15.0. The van der Waals surface area contributed by atoms with E-state index in [1.807, 2.05) is 24.3 Å². The molecular weight excluding hydrogens is 739 g/mol. The van der Waals surface area contributed by atoms with Gasteiger partial charge in [-0.15, -0.1) is 0 Å². The highest BCUT2D eigenvalue weighted by Gasteiger charge is 2.22. The fourth-order valence-electron chi connectivity index (χ4n) is 9.21.